The van der Waals surface area contributed by atoms with E-state index < -0.39 is 11.4 Å². The van der Waals surface area contributed by atoms with E-state index in [0.29, 0.717) is 17.7 Å². The number of carboxylic acids is 1. The van der Waals surface area contributed by atoms with E-state index in [1.54, 1.807) is 26.0 Å². The number of hydrogen-bond donors (Lipinski definition) is 2. The Balaban J connectivity index is 2.01. The van der Waals surface area contributed by atoms with E-state index in [2.05, 4.69) is 5.32 Å². The van der Waals surface area contributed by atoms with Crippen LogP contribution in [0.5, 0.6) is 0 Å². The Bertz CT molecular complexity index is 437. The van der Waals surface area contributed by atoms with Gasteiger partial charge in [-0.2, -0.15) is 0 Å². The standard InChI is InChI=1S/C13H18ClNO3/c1-13(2,12(16)17)11(8-3-4-8)15-7-9-5-6-10(14)18-9/h5-6,8,11,15H,3-4,7H2,1-2H3,(H,16,17). The molecule has 1 aliphatic rings. The van der Waals surface area contributed by atoms with Crippen molar-refractivity contribution in [3.05, 3.63) is 23.1 Å². The SMILES string of the molecule is CC(C)(C(=O)O)C(NCc1ccc(Cl)o1)C1CC1. The Morgan fingerprint density at radius 3 is 2.72 bits per heavy atom. The first-order chi connectivity index (χ1) is 8.41. The van der Waals surface area contributed by atoms with Crippen molar-refractivity contribution in [2.45, 2.75) is 39.3 Å². The molecule has 100 valence electrons. The molecular weight excluding hydrogens is 254 g/mol. The van der Waals surface area contributed by atoms with Gasteiger partial charge < -0.3 is 14.8 Å². The number of hydrogen-bond acceptors (Lipinski definition) is 3. The minimum Gasteiger partial charge on any atom is -0.481 e. The number of rotatable bonds is 6. The number of aliphatic carboxylic acids is 1. The van der Waals surface area contributed by atoms with E-state index in [1.165, 1.54) is 0 Å². The molecule has 0 saturated heterocycles. The second-order valence-corrected chi connectivity index (χ2v) is 5.80. The Morgan fingerprint density at radius 2 is 2.28 bits per heavy atom. The minimum absolute atomic E-state index is 0.0427. The molecule has 1 atom stereocenters. The Labute approximate surface area is 111 Å². The molecule has 0 amide bonds. The zero-order chi connectivity index (χ0) is 13.3. The number of halogens is 1. The van der Waals surface area contributed by atoms with Gasteiger partial charge in [-0.3, -0.25) is 4.79 Å². The molecule has 1 aromatic heterocycles. The van der Waals surface area contributed by atoms with Crippen LogP contribution in [-0.4, -0.2) is 17.1 Å². The lowest BCUT2D eigenvalue weighted by molar-refractivity contribution is -0.149. The summed E-state index contributed by atoms with van der Waals surface area (Å²) >= 11 is 5.70. The Kier molecular flexibility index (Phi) is 3.69. The number of furan rings is 1. The van der Waals surface area contributed by atoms with Crippen LogP contribution in [0.25, 0.3) is 0 Å². The average Bonchev–Trinajstić information content (AvgIpc) is 3.02. The van der Waals surface area contributed by atoms with Crippen LogP contribution in [0.1, 0.15) is 32.4 Å². The molecule has 1 fully saturated rings. The fraction of sp³-hybridized carbons (Fsp3) is 0.615. The fourth-order valence-electron chi connectivity index (χ4n) is 2.23. The lowest BCUT2D eigenvalue weighted by Crippen LogP contribution is -2.47. The molecule has 0 radical (unpaired) electrons. The molecule has 0 spiro atoms. The first-order valence-electron chi connectivity index (χ1n) is 6.12. The van der Waals surface area contributed by atoms with Crippen LogP contribution in [0.2, 0.25) is 5.22 Å². The first kappa shape index (κ1) is 13.4. The van der Waals surface area contributed by atoms with E-state index in [0.717, 1.165) is 18.6 Å². The van der Waals surface area contributed by atoms with Crippen molar-refractivity contribution in [1.82, 2.24) is 5.32 Å². The molecule has 4 nitrogen and oxygen atoms in total. The average molecular weight is 272 g/mol. The highest BCUT2D eigenvalue weighted by atomic mass is 35.5. The van der Waals surface area contributed by atoms with Crippen LogP contribution in [-0.2, 0) is 11.3 Å². The van der Waals surface area contributed by atoms with Crippen LogP contribution < -0.4 is 5.32 Å². The summed E-state index contributed by atoms with van der Waals surface area (Å²) < 4.78 is 5.26. The van der Waals surface area contributed by atoms with Crippen molar-refractivity contribution in [3.63, 3.8) is 0 Å². The van der Waals surface area contributed by atoms with Crippen molar-refractivity contribution in [2.75, 3.05) is 0 Å². The molecule has 0 aliphatic heterocycles. The van der Waals surface area contributed by atoms with E-state index in [9.17, 15) is 9.90 Å². The highest BCUT2D eigenvalue weighted by molar-refractivity contribution is 6.28. The van der Waals surface area contributed by atoms with Gasteiger partial charge in [0.1, 0.15) is 5.76 Å². The summed E-state index contributed by atoms with van der Waals surface area (Å²) in [5.74, 6) is 0.401. The van der Waals surface area contributed by atoms with Gasteiger partial charge in [-0.15, -0.1) is 0 Å². The summed E-state index contributed by atoms with van der Waals surface area (Å²) in [6.07, 6.45) is 2.18. The molecule has 1 saturated carbocycles. The number of nitrogens with one attached hydrogen (secondary N) is 1. The molecule has 1 aromatic rings. The predicted octanol–water partition coefficient (Wildman–Crippen LogP) is 2.91. The van der Waals surface area contributed by atoms with Gasteiger partial charge in [0.05, 0.1) is 12.0 Å². The first-order valence-corrected chi connectivity index (χ1v) is 6.50. The maximum atomic E-state index is 11.3. The lowest BCUT2D eigenvalue weighted by Gasteiger charge is -2.31. The van der Waals surface area contributed by atoms with Crippen molar-refractivity contribution in [1.29, 1.82) is 0 Å². The van der Waals surface area contributed by atoms with E-state index in [1.807, 2.05) is 0 Å². The highest BCUT2D eigenvalue weighted by Gasteiger charge is 2.45. The van der Waals surface area contributed by atoms with Crippen molar-refractivity contribution in [3.8, 4) is 0 Å². The zero-order valence-electron chi connectivity index (χ0n) is 10.6. The molecule has 0 bridgehead atoms. The summed E-state index contributed by atoms with van der Waals surface area (Å²) in [6.45, 7) is 4.03. The lowest BCUT2D eigenvalue weighted by atomic mass is 9.81. The van der Waals surface area contributed by atoms with Gasteiger partial charge in [0.15, 0.2) is 5.22 Å². The van der Waals surface area contributed by atoms with E-state index in [-0.39, 0.29) is 6.04 Å². The molecular formula is C13H18ClNO3. The van der Waals surface area contributed by atoms with E-state index in [4.69, 9.17) is 16.0 Å². The van der Waals surface area contributed by atoms with Crippen molar-refractivity contribution in [2.24, 2.45) is 11.3 Å². The fourth-order valence-corrected chi connectivity index (χ4v) is 2.39. The number of carboxylic acid groups (broad SMARTS) is 1. The van der Waals surface area contributed by atoms with Gasteiger partial charge in [0.25, 0.3) is 0 Å². The normalized spacial score (nSPS) is 17.7. The minimum atomic E-state index is -0.780. The van der Waals surface area contributed by atoms with Crippen molar-refractivity contribution >= 4 is 17.6 Å². The highest BCUT2D eigenvalue weighted by Crippen LogP contribution is 2.40. The molecule has 2 rings (SSSR count). The van der Waals surface area contributed by atoms with E-state index >= 15 is 0 Å². The van der Waals surface area contributed by atoms with Gasteiger partial charge in [-0.05, 0) is 56.3 Å². The quantitative estimate of drug-likeness (QED) is 0.835. The van der Waals surface area contributed by atoms with Crippen LogP contribution in [0.4, 0.5) is 0 Å². The second-order valence-electron chi connectivity index (χ2n) is 5.43. The molecule has 1 unspecified atom stereocenters. The van der Waals surface area contributed by atoms with Crippen LogP contribution >= 0.6 is 11.6 Å². The maximum Gasteiger partial charge on any atom is 0.310 e. The molecule has 0 aromatic carbocycles. The monoisotopic (exact) mass is 271 g/mol. The van der Waals surface area contributed by atoms with Gasteiger partial charge in [0.2, 0.25) is 0 Å². The van der Waals surface area contributed by atoms with Gasteiger partial charge in [0, 0.05) is 6.04 Å². The smallest absolute Gasteiger partial charge is 0.310 e. The second kappa shape index (κ2) is 4.94. The summed E-state index contributed by atoms with van der Waals surface area (Å²) in [5, 5.41) is 13.0. The predicted molar refractivity (Wildman–Crippen MR) is 68.5 cm³/mol. The summed E-state index contributed by atoms with van der Waals surface area (Å²) in [5.41, 5.74) is -0.780. The third-order valence-electron chi connectivity index (χ3n) is 3.55. The molecule has 2 N–H and O–H groups in total. The number of carbonyl (C=O) groups is 1. The summed E-state index contributed by atoms with van der Waals surface area (Å²) in [6, 6.07) is 3.44. The largest absolute Gasteiger partial charge is 0.481 e. The third-order valence-corrected chi connectivity index (χ3v) is 3.75. The van der Waals surface area contributed by atoms with Gasteiger partial charge >= 0.3 is 5.97 Å². The summed E-state index contributed by atoms with van der Waals surface area (Å²) in [4.78, 5) is 11.3. The van der Waals surface area contributed by atoms with Gasteiger partial charge in [-0.25, -0.2) is 0 Å². The van der Waals surface area contributed by atoms with Crippen LogP contribution in [0.3, 0.4) is 0 Å². The van der Waals surface area contributed by atoms with Crippen molar-refractivity contribution < 1.29 is 14.3 Å². The topological polar surface area (TPSA) is 62.5 Å². The molecule has 5 heteroatoms. The Morgan fingerprint density at radius 1 is 1.61 bits per heavy atom. The molecule has 1 heterocycles. The molecule has 18 heavy (non-hydrogen) atoms. The van der Waals surface area contributed by atoms with Crippen LogP contribution in [0, 0.1) is 11.3 Å². The summed E-state index contributed by atoms with van der Waals surface area (Å²) in [7, 11) is 0. The maximum absolute atomic E-state index is 11.3. The molecule has 1 aliphatic carbocycles. The zero-order valence-corrected chi connectivity index (χ0v) is 11.3. The third kappa shape index (κ3) is 2.87. The Hall–Kier alpha value is -1.00. The van der Waals surface area contributed by atoms with Crippen LogP contribution in [0.15, 0.2) is 16.5 Å². The van der Waals surface area contributed by atoms with Gasteiger partial charge in [-0.1, -0.05) is 0 Å².